The molecule has 0 aromatic carbocycles. The largest absolute Gasteiger partial charge is 0.302 e. The smallest absolute Gasteiger partial charge is 0.288 e. The number of nitrogens with one attached hydrogen (secondary N) is 1. The van der Waals surface area contributed by atoms with E-state index in [1.807, 2.05) is 6.07 Å². The fourth-order valence-electron chi connectivity index (χ4n) is 2.33. The summed E-state index contributed by atoms with van der Waals surface area (Å²) in [5.41, 5.74) is 2.73. The molecule has 0 aliphatic heterocycles. The molecule has 3 rings (SSSR count). The monoisotopic (exact) mass is 316 g/mol. The number of anilines is 1. The highest BCUT2D eigenvalue weighted by Crippen LogP contribution is 2.27. The van der Waals surface area contributed by atoms with E-state index in [2.05, 4.69) is 21.6 Å². The van der Waals surface area contributed by atoms with Gasteiger partial charge in [-0.15, -0.1) is 0 Å². The molecule has 0 unspecified atom stereocenters. The molecule has 1 N–H and O–H groups in total. The minimum absolute atomic E-state index is 0.158. The Balaban J connectivity index is 1.66. The number of aryl methyl sites for hydroxylation is 3. The molecule has 22 heavy (non-hydrogen) atoms. The summed E-state index contributed by atoms with van der Waals surface area (Å²) >= 11 is 1.26. The lowest BCUT2D eigenvalue weighted by atomic mass is 10.2. The van der Waals surface area contributed by atoms with Crippen LogP contribution in [0.3, 0.4) is 0 Å². The second-order valence-electron chi connectivity index (χ2n) is 4.99. The van der Waals surface area contributed by atoms with Crippen molar-refractivity contribution in [1.82, 2.24) is 10.3 Å². The predicted molar refractivity (Wildman–Crippen MR) is 78.0 cm³/mol. The van der Waals surface area contributed by atoms with Crippen LogP contribution < -0.4 is 10.00 Å². The Labute approximate surface area is 131 Å². The molecule has 8 heteroatoms. The lowest BCUT2D eigenvalue weighted by Gasteiger charge is -2.06. The molecule has 7 nitrogen and oxygen atoms in total. The molecule has 1 amide bonds. The number of fused-ring (bicyclic) bond motifs is 1. The highest BCUT2D eigenvalue weighted by atomic mass is 32.2. The highest BCUT2D eigenvalue weighted by Gasteiger charge is 2.18. The Bertz CT molecular complexity index is 765. The van der Waals surface area contributed by atoms with Crippen molar-refractivity contribution in [3.63, 3.8) is 0 Å². The summed E-state index contributed by atoms with van der Waals surface area (Å²) < 4.78 is 6.35. The van der Waals surface area contributed by atoms with Crippen LogP contribution in [0.15, 0.2) is 21.8 Å². The second kappa shape index (κ2) is 6.15. The first kappa shape index (κ1) is 14.5. The van der Waals surface area contributed by atoms with Gasteiger partial charge < -0.3 is 0 Å². The van der Waals surface area contributed by atoms with Gasteiger partial charge in [0.25, 0.3) is 6.20 Å². The average Bonchev–Trinajstić information content (AvgIpc) is 3.12. The molecule has 2 aromatic rings. The maximum Gasteiger partial charge on any atom is 0.302 e. The van der Waals surface area contributed by atoms with Gasteiger partial charge in [0, 0.05) is 5.69 Å². The fourth-order valence-corrected chi connectivity index (χ4v) is 3.11. The van der Waals surface area contributed by atoms with Gasteiger partial charge in [0.05, 0.1) is 11.3 Å². The van der Waals surface area contributed by atoms with Crippen LogP contribution in [0.1, 0.15) is 23.2 Å². The van der Waals surface area contributed by atoms with Crippen molar-refractivity contribution in [2.45, 2.75) is 24.3 Å². The van der Waals surface area contributed by atoms with Crippen LogP contribution in [0, 0.1) is 11.3 Å². The van der Waals surface area contributed by atoms with E-state index in [1.54, 1.807) is 13.2 Å². The topological polar surface area (TPSA) is 95.7 Å². The minimum atomic E-state index is -0.229. The van der Waals surface area contributed by atoms with Gasteiger partial charge in [-0.3, -0.25) is 14.6 Å². The first-order chi connectivity index (χ1) is 10.7. The van der Waals surface area contributed by atoms with Crippen molar-refractivity contribution in [1.29, 1.82) is 5.26 Å². The van der Waals surface area contributed by atoms with Crippen LogP contribution in [-0.4, -0.2) is 21.9 Å². The Morgan fingerprint density at radius 3 is 3.18 bits per heavy atom. The molecule has 0 saturated heterocycles. The van der Waals surface area contributed by atoms with Crippen LogP contribution >= 0.6 is 11.8 Å². The maximum absolute atomic E-state index is 11.9. The third-order valence-corrected chi connectivity index (χ3v) is 4.30. The normalized spacial score (nSPS) is 12.7. The summed E-state index contributed by atoms with van der Waals surface area (Å²) in [5.74, 6) is 0.216. The third-order valence-electron chi connectivity index (χ3n) is 3.31. The zero-order valence-corrected chi connectivity index (χ0v) is 12.8. The molecule has 0 atom stereocenters. The quantitative estimate of drug-likeness (QED) is 0.667. The molecule has 2 aromatic heterocycles. The SMILES string of the molecule is C[n+]1cc(NC(=O)CSc2nc3c(cc2C#N)CCC3)on1. The van der Waals surface area contributed by atoms with Gasteiger partial charge in [-0.05, 0) is 30.9 Å². The number of carbonyl (C=O) groups is 1. The summed E-state index contributed by atoms with van der Waals surface area (Å²) in [5, 5.41) is 16.1. The first-order valence-corrected chi connectivity index (χ1v) is 7.82. The number of carbonyl (C=O) groups excluding carboxylic acids is 1. The van der Waals surface area contributed by atoms with Crippen molar-refractivity contribution in [3.8, 4) is 6.07 Å². The lowest BCUT2D eigenvalue weighted by Crippen LogP contribution is -2.28. The Kier molecular flexibility index (Phi) is 4.06. The summed E-state index contributed by atoms with van der Waals surface area (Å²) in [4.78, 5) is 16.4. The van der Waals surface area contributed by atoms with Crippen molar-refractivity contribution in [2.75, 3.05) is 11.1 Å². The fraction of sp³-hybridized carbons (Fsp3) is 0.357. The molecular weight excluding hydrogens is 302 g/mol. The van der Waals surface area contributed by atoms with Gasteiger partial charge in [0.2, 0.25) is 5.91 Å². The number of rotatable bonds is 4. The number of nitriles is 1. The summed E-state index contributed by atoms with van der Waals surface area (Å²) in [6.07, 6.45) is 4.56. The van der Waals surface area contributed by atoms with Gasteiger partial charge in [0.15, 0.2) is 12.3 Å². The lowest BCUT2D eigenvalue weighted by molar-refractivity contribution is -0.739. The van der Waals surface area contributed by atoms with E-state index < -0.39 is 0 Å². The molecule has 1 aliphatic carbocycles. The molecule has 0 radical (unpaired) electrons. The van der Waals surface area contributed by atoms with Gasteiger partial charge in [-0.1, -0.05) is 16.4 Å². The van der Waals surface area contributed by atoms with Gasteiger partial charge in [-0.25, -0.2) is 4.98 Å². The van der Waals surface area contributed by atoms with E-state index in [0.29, 0.717) is 10.6 Å². The van der Waals surface area contributed by atoms with Crippen LogP contribution in [0.4, 0.5) is 5.88 Å². The average molecular weight is 316 g/mol. The summed E-state index contributed by atoms with van der Waals surface area (Å²) in [6.45, 7) is 0. The zero-order chi connectivity index (χ0) is 15.5. The minimum Gasteiger partial charge on any atom is -0.288 e. The summed E-state index contributed by atoms with van der Waals surface area (Å²) in [7, 11) is 1.70. The molecule has 2 heterocycles. The van der Waals surface area contributed by atoms with Crippen LogP contribution in [0.5, 0.6) is 0 Å². The zero-order valence-electron chi connectivity index (χ0n) is 12.0. The Morgan fingerprint density at radius 1 is 1.59 bits per heavy atom. The molecule has 0 saturated carbocycles. The number of nitrogens with zero attached hydrogens (tertiary/aromatic N) is 4. The molecule has 0 spiro atoms. The standard InChI is InChI=1S/C14H13N5O2S/c1-19-7-13(21-18-19)17-12(20)8-22-14-10(6-15)5-9-3-2-4-11(9)16-14/h5,7H,2-4,8H2,1H3/p+1. The van der Waals surface area contributed by atoms with Crippen molar-refractivity contribution >= 4 is 23.6 Å². The second-order valence-corrected chi connectivity index (χ2v) is 5.95. The molecular formula is C14H14N5O2S+. The Hall–Kier alpha value is -2.40. The van der Waals surface area contributed by atoms with E-state index >= 15 is 0 Å². The van der Waals surface area contributed by atoms with Crippen molar-refractivity contribution in [2.24, 2.45) is 7.05 Å². The number of pyridine rings is 1. The highest BCUT2D eigenvalue weighted by molar-refractivity contribution is 8.00. The number of amides is 1. The van der Waals surface area contributed by atoms with E-state index in [0.717, 1.165) is 30.5 Å². The summed E-state index contributed by atoms with van der Waals surface area (Å²) in [6, 6.07) is 4.05. The van der Waals surface area contributed by atoms with Gasteiger partial charge in [-0.2, -0.15) is 5.26 Å². The van der Waals surface area contributed by atoms with Gasteiger partial charge in [0.1, 0.15) is 11.1 Å². The predicted octanol–water partition coefficient (Wildman–Crippen LogP) is 0.985. The van der Waals surface area contributed by atoms with E-state index in [1.165, 1.54) is 16.4 Å². The van der Waals surface area contributed by atoms with Crippen molar-refractivity contribution < 1.29 is 14.0 Å². The van der Waals surface area contributed by atoms with Crippen LogP contribution in [0.25, 0.3) is 0 Å². The maximum atomic E-state index is 11.9. The number of aromatic nitrogens is 3. The van der Waals surface area contributed by atoms with E-state index in [-0.39, 0.29) is 17.5 Å². The van der Waals surface area contributed by atoms with Crippen LogP contribution in [-0.2, 0) is 24.7 Å². The first-order valence-electron chi connectivity index (χ1n) is 6.84. The number of thioether (sulfide) groups is 1. The molecule has 0 fully saturated rings. The van der Waals surface area contributed by atoms with E-state index in [4.69, 9.17) is 4.52 Å². The van der Waals surface area contributed by atoms with E-state index in [9.17, 15) is 10.1 Å². The van der Waals surface area contributed by atoms with Crippen molar-refractivity contribution in [3.05, 3.63) is 29.1 Å². The Morgan fingerprint density at radius 2 is 2.45 bits per heavy atom. The number of hydrogen-bond acceptors (Lipinski definition) is 6. The molecule has 1 aliphatic rings. The molecule has 112 valence electrons. The number of hydrogen-bond donors (Lipinski definition) is 1. The van der Waals surface area contributed by atoms with Gasteiger partial charge >= 0.3 is 5.88 Å². The third kappa shape index (κ3) is 3.09. The van der Waals surface area contributed by atoms with Crippen LogP contribution in [0.2, 0.25) is 0 Å². The molecule has 0 bridgehead atoms.